The number of hydrogen-bond donors (Lipinski definition) is 2. The average Bonchev–Trinajstić information content (AvgIpc) is 2.56. The van der Waals surface area contributed by atoms with Gasteiger partial charge in [-0.05, 0) is 0 Å². The molecule has 0 aliphatic rings. The van der Waals surface area contributed by atoms with E-state index in [1.54, 1.807) is 7.05 Å². The molecule has 0 radical (unpaired) electrons. The molecule has 8 nitrogen and oxygen atoms in total. The van der Waals surface area contributed by atoms with Crippen LogP contribution in [-0.4, -0.2) is 32.3 Å². The van der Waals surface area contributed by atoms with Crippen molar-refractivity contribution in [2.75, 3.05) is 11.9 Å². The fourth-order valence-corrected chi connectivity index (χ4v) is 1.07. The van der Waals surface area contributed by atoms with Crippen molar-refractivity contribution < 1.29 is 14.8 Å². The molecule has 0 bridgehead atoms. The van der Waals surface area contributed by atoms with E-state index in [4.69, 9.17) is 5.11 Å². The number of aryl methyl sites for hydroxylation is 1. The van der Waals surface area contributed by atoms with Crippen molar-refractivity contribution >= 4 is 17.5 Å². The molecular weight excluding hydrogens is 216 g/mol. The third-order valence-electron chi connectivity index (χ3n) is 2.00. The summed E-state index contributed by atoms with van der Waals surface area (Å²) in [6.07, 6.45) is 1.26. The van der Waals surface area contributed by atoms with Gasteiger partial charge in [0, 0.05) is 13.6 Å². The van der Waals surface area contributed by atoms with Gasteiger partial charge in [-0.25, -0.2) is 0 Å². The fourth-order valence-electron chi connectivity index (χ4n) is 1.07. The third-order valence-corrected chi connectivity index (χ3v) is 2.00. The molecule has 88 valence electrons. The maximum Gasteiger partial charge on any atom is 0.330 e. The molecule has 0 spiro atoms. The van der Waals surface area contributed by atoms with E-state index in [1.165, 1.54) is 17.8 Å². The molecule has 1 unspecified atom stereocenters. The van der Waals surface area contributed by atoms with Crippen LogP contribution in [0.5, 0.6) is 0 Å². The monoisotopic (exact) mass is 228 g/mol. The van der Waals surface area contributed by atoms with Gasteiger partial charge in [0.1, 0.15) is 6.20 Å². The van der Waals surface area contributed by atoms with Crippen molar-refractivity contribution in [3.8, 4) is 0 Å². The van der Waals surface area contributed by atoms with Crippen LogP contribution >= 0.6 is 0 Å². The number of hydrogen-bond acceptors (Lipinski definition) is 5. The smallest absolute Gasteiger partial charge is 0.330 e. The SMILES string of the molecule is CC(CNc1nn(C)cc1[N+](=O)[O-])C(=O)O. The Morgan fingerprint density at radius 2 is 2.44 bits per heavy atom. The number of nitrogens with zero attached hydrogens (tertiary/aromatic N) is 3. The highest BCUT2D eigenvalue weighted by Gasteiger charge is 2.19. The first kappa shape index (κ1) is 12.0. The Hall–Kier alpha value is -2.12. The zero-order chi connectivity index (χ0) is 12.3. The van der Waals surface area contributed by atoms with Gasteiger partial charge in [-0.15, -0.1) is 5.10 Å². The van der Waals surface area contributed by atoms with Crippen molar-refractivity contribution in [3.63, 3.8) is 0 Å². The summed E-state index contributed by atoms with van der Waals surface area (Å²) in [5.41, 5.74) is -0.167. The lowest BCUT2D eigenvalue weighted by molar-refractivity contribution is -0.384. The summed E-state index contributed by atoms with van der Waals surface area (Å²) in [6.45, 7) is 1.59. The number of nitrogens with one attached hydrogen (secondary N) is 1. The summed E-state index contributed by atoms with van der Waals surface area (Å²) in [5.74, 6) is -1.52. The highest BCUT2D eigenvalue weighted by molar-refractivity contribution is 5.70. The molecule has 1 rings (SSSR count). The summed E-state index contributed by atoms with van der Waals surface area (Å²) in [5, 5.41) is 25.7. The molecule has 1 atom stereocenters. The lowest BCUT2D eigenvalue weighted by Crippen LogP contribution is -2.20. The molecule has 2 N–H and O–H groups in total. The average molecular weight is 228 g/mol. The minimum Gasteiger partial charge on any atom is -0.481 e. The van der Waals surface area contributed by atoms with Gasteiger partial charge >= 0.3 is 11.7 Å². The highest BCUT2D eigenvalue weighted by Crippen LogP contribution is 2.21. The standard InChI is InChI=1S/C8H12N4O4/c1-5(8(13)14)3-9-7-6(12(15)16)4-11(2)10-7/h4-5H,3H2,1-2H3,(H,9,10)(H,13,14). The number of anilines is 1. The molecular formula is C8H12N4O4. The van der Waals surface area contributed by atoms with Crippen LogP contribution < -0.4 is 5.32 Å². The van der Waals surface area contributed by atoms with Gasteiger partial charge in [0.05, 0.1) is 10.8 Å². The maximum atomic E-state index is 10.6. The van der Waals surface area contributed by atoms with E-state index in [0.717, 1.165) is 0 Å². The molecule has 8 heteroatoms. The fraction of sp³-hybridized carbons (Fsp3) is 0.500. The van der Waals surface area contributed by atoms with Crippen LogP contribution in [0.1, 0.15) is 6.92 Å². The molecule has 0 amide bonds. The summed E-state index contributed by atoms with van der Waals surface area (Å²) < 4.78 is 1.30. The highest BCUT2D eigenvalue weighted by atomic mass is 16.6. The van der Waals surface area contributed by atoms with Crippen molar-refractivity contribution in [2.24, 2.45) is 13.0 Å². The molecule has 0 aromatic carbocycles. The minimum absolute atomic E-state index is 0.0839. The van der Waals surface area contributed by atoms with Crippen molar-refractivity contribution in [1.29, 1.82) is 0 Å². The first-order valence-corrected chi connectivity index (χ1v) is 4.56. The Labute approximate surface area is 91.0 Å². The normalized spacial score (nSPS) is 12.1. The molecule has 0 fully saturated rings. The number of aliphatic carboxylic acids is 1. The predicted octanol–water partition coefficient (Wildman–Crippen LogP) is 0.461. The zero-order valence-electron chi connectivity index (χ0n) is 8.88. The van der Waals surface area contributed by atoms with Crippen LogP contribution in [0.3, 0.4) is 0 Å². The first-order valence-electron chi connectivity index (χ1n) is 4.56. The second-order valence-electron chi connectivity index (χ2n) is 3.41. The molecule has 16 heavy (non-hydrogen) atoms. The number of carboxylic acids is 1. The quantitative estimate of drug-likeness (QED) is 0.559. The van der Waals surface area contributed by atoms with Crippen LogP contribution in [0.2, 0.25) is 0 Å². The minimum atomic E-state index is -0.967. The number of aromatic nitrogens is 2. The van der Waals surface area contributed by atoms with Gasteiger partial charge in [0.25, 0.3) is 0 Å². The number of nitro groups is 1. The van der Waals surface area contributed by atoms with E-state index >= 15 is 0 Å². The van der Waals surface area contributed by atoms with Crippen LogP contribution in [0, 0.1) is 16.0 Å². The van der Waals surface area contributed by atoms with Crippen molar-refractivity contribution in [3.05, 3.63) is 16.3 Å². The molecule has 1 aromatic heterocycles. The van der Waals surface area contributed by atoms with Gasteiger partial charge in [-0.1, -0.05) is 6.92 Å². The Morgan fingerprint density at radius 1 is 1.81 bits per heavy atom. The summed E-state index contributed by atoms with van der Waals surface area (Å²) in [7, 11) is 1.55. The van der Waals surface area contributed by atoms with Crippen LogP contribution in [0.25, 0.3) is 0 Å². The first-order chi connectivity index (χ1) is 7.41. The number of rotatable bonds is 5. The number of carboxylic acid groups (broad SMARTS) is 1. The molecule has 1 aromatic rings. The van der Waals surface area contributed by atoms with E-state index in [9.17, 15) is 14.9 Å². The zero-order valence-corrected chi connectivity index (χ0v) is 8.88. The van der Waals surface area contributed by atoms with Gasteiger partial charge in [0.15, 0.2) is 0 Å². The van der Waals surface area contributed by atoms with E-state index in [0.29, 0.717) is 0 Å². The van der Waals surface area contributed by atoms with Crippen molar-refractivity contribution in [1.82, 2.24) is 9.78 Å². The molecule has 0 saturated heterocycles. The molecule has 1 heterocycles. The molecule has 0 aliphatic carbocycles. The Morgan fingerprint density at radius 3 is 2.94 bits per heavy atom. The van der Waals surface area contributed by atoms with Crippen molar-refractivity contribution in [2.45, 2.75) is 6.92 Å². The lowest BCUT2D eigenvalue weighted by Gasteiger charge is -2.06. The second kappa shape index (κ2) is 4.60. The Kier molecular flexibility index (Phi) is 3.44. The molecule has 0 aliphatic heterocycles. The van der Waals surface area contributed by atoms with Crippen LogP contribution in [0.4, 0.5) is 11.5 Å². The Balaban J connectivity index is 2.73. The van der Waals surface area contributed by atoms with Gasteiger partial charge in [0.2, 0.25) is 5.82 Å². The van der Waals surface area contributed by atoms with E-state index < -0.39 is 16.8 Å². The van der Waals surface area contributed by atoms with Gasteiger partial charge < -0.3 is 10.4 Å². The predicted molar refractivity (Wildman–Crippen MR) is 55.2 cm³/mol. The van der Waals surface area contributed by atoms with E-state index in [1.807, 2.05) is 0 Å². The summed E-state index contributed by atoms with van der Waals surface area (Å²) >= 11 is 0. The van der Waals surface area contributed by atoms with Crippen LogP contribution in [0.15, 0.2) is 6.20 Å². The second-order valence-corrected chi connectivity index (χ2v) is 3.41. The Bertz CT molecular complexity index is 414. The van der Waals surface area contributed by atoms with E-state index in [2.05, 4.69) is 10.4 Å². The third kappa shape index (κ3) is 2.69. The summed E-state index contributed by atoms with van der Waals surface area (Å²) in [4.78, 5) is 20.6. The topological polar surface area (TPSA) is 110 Å². The summed E-state index contributed by atoms with van der Waals surface area (Å²) in [6, 6.07) is 0. The lowest BCUT2D eigenvalue weighted by atomic mass is 10.2. The molecule has 0 saturated carbocycles. The van der Waals surface area contributed by atoms with Crippen LogP contribution in [-0.2, 0) is 11.8 Å². The maximum absolute atomic E-state index is 10.6. The largest absolute Gasteiger partial charge is 0.481 e. The van der Waals surface area contributed by atoms with Gasteiger partial charge in [-0.2, -0.15) is 0 Å². The van der Waals surface area contributed by atoms with E-state index in [-0.39, 0.29) is 18.1 Å². The van der Waals surface area contributed by atoms with Gasteiger partial charge in [-0.3, -0.25) is 19.6 Å². The number of carbonyl (C=O) groups is 1.